The first-order chi connectivity index (χ1) is 12.4. The average molecular weight is 333 g/mol. The topological polar surface area (TPSA) is 40.6 Å². The van der Waals surface area contributed by atoms with Crippen molar-refractivity contribution in [1.82, 2.24) is 4.98 Å². The van der Waals surface area contributed by atoms with Gasteiger partial charge in [-0.1, -0.05) is 54.6 Å². The third-order valence-electron chi connectivity index (χ3n) is 4.35. The van der Waals surface area contributed by atoms with Crippen molar-refractivity contribution in [3.8, 4) is 5.75 Å². The zero-order chi connectivity index (χ0) is 17.1. The van der Waals surface area contributed by atoms with Gasteiger partial charge in [0.05, 0.1) is 7.11 Å². The summed E-state index contributed by atoms with van der Waals surface area (Å²) in [6.07, 6.45) is 2.62. The molecular formula is C21H19NO3. The van der Waals surface area contributed by atoms with E-state index < -0.39 is 6.29 Å². The minimum absolute atomic E-state index is 0.254. The fourth-order valence-electron chi connectivity index (χ4n) is 3.14. The van der Waals surface area contributed by atoms with E-state index in [1.165, 1.54) is 0 Å². The summed E-state index contributed by atoms with van der Waals surface area (Å²) in [5.41, 5.74) is 2.95. The normalized spacial score (nSPS) is 22.7. The SMILES string of the molecule is COc1ccccc1C1OC(c2ccccc2)OC1c1cccnc1. The van der Waals surface area contributed by atoms with Crippen LogP contribution in [0.5, 0.6) is 5.75 Å². The van der Waals surface area contributed by atoms with Crippen LogP contribution in [0.4, 0.5) is 0 Å². The van der Waals surface area contributed by atoms with E-state index in [9.17, 15) is 0 Å². The molecule has 0 bridgehead atoms. The van der Waals surface area contributed by atoms with E-state index in [1.807, 2.05) is 72.9 Å². The first-order valence-corrected chi connectivity index (χ1v) is 8.25. The van der Waals surface area contributed by atoms with E-state index >= 15 is 0 Å². The predicted molar refractivity (Wildman–Crippen MR) is 94.1 cm³/mol. The quantitative estimate of drug-likeness (QED) is 0.698. The van der Waals surface area contributed by atoms with Crippen LogP contribution in [0, 0.1) is 0 Å². The summed E-state index contributed by atoms with van der Waals surface area (Å²) in [6, 6.07) is 21.8. The van der Waals surface area contributed by atoms with Gasteiger partial charge in [0.15, 0.2) is 6.29 Å². The highest BCUT2D eigenvalue weighted by atomic mass is 16.7. The second-order valence-corrected chi connectivity index (χ2v) is 5.88. The third-order valence-corrected chi connectivity index (χ3v) is 4.35. The molecule has 0 saturated carbocycles. The molecule has 126 valence electrons. The summed E-state index contributed by atoms with van der Waals surface area (Å²) in [5.74, 6) is 0.790. The predicted octanol–water partition coefficient (Wildman–Crippen LogP) is 4.62. The van der Waals surface area contributed by atoms with Gasteiger partial charge in [-0.3, -0.25) is 4.98 Å². The Kier molecular flexibility index (Phi) is 4.46. The molecule has 1 aliphatic rings. The first kappa shape index (κ1) is 15.8. The number of ether oxygens (including phenoxy) is 3. The number of aromatic nitrogens is 1. The summed E-state index contributed by atoms with van der Waals surface area (Å²) in [4.78, 5) is 4.23. The van der Waals surface area contributed by atoms with Crippen LogP contribution in [0.15, 0.2) is 79.1 Å². The van der Waals surface area contributed by atoms with E-state index in [4.69, 9.17) is 14.2 Å². The van der Waals surface area contributed by atoms with Crippen LogP contribution >= 0.6 is 0 Å². The molecule has 0 radical (unpaired) electrons. The Morgan fingerprint density at radius 3 is 2.28 bits per heavy atom. The van der Waals surface area contributed by atoms with Crippen molar-refractivity contribution >= 4 is 0 Å². The van der Waals surface area contributed by atoms with Crippen molar-refractivity contribution in [1.29, 1.82) is 0 Å². The van der Waals surface area contributed by atoms with Gasteiger partial charge in [-0.15, -0.1) is 0 Å². The van der Waals surface area contributed by atoms with Crippen molar-refractivity contribution in [2.45, 2.75) is 18.5 Å². The van der Waals surface area contributed by atoms with Gasteiger partial charge in [0.1, 0.15) is 18.0 Å². The molecule has 3 unspecified atom stereocenters. The Hall–Kier alpha value is -2.69. The molecule has 4 nitrogen and oxygen atoms in total. The van der Waals surface area contributed by atoms with Crippen molar-refractivity contribution < 1.29 is 14.2 Å². The molecule has 0 N–H and O–H groups in total. The maximum absolute atomic E-state index is 6.31. The maximum atomic E-state index is 6.31. The van der Waals surface area contributed by atoms with Gasteiger partial charge in [-0.05, 0) is 12.1 Å². The van der Waals surface area contributed by atoms with E-state index in [0.717, 1.165) is 22.4 Å². The van der Waals surface area contributed by atoms with Gasteiger partial charge in [0.25, 0.3) is 0 Å². The summed E-state index contributed by atoms with van der Waals surface area (Å²) in [6.45, 7) is 0. The summed E-state index contributed by atoms with van der Waals surface area (Å²) >= 11 is 0. The highest BCUT2D eigenvalue weighted by Crippen LogP contribution is 2.49. The molecule has 4 rings (SSSR count). The second kappa shape index (κ2) is 7.05. The standard InChI is InChI=1S/C21H19NO3/c1-23-18-12-6-5-11-17(18)20-19(16-10-7-13-22-14-16)24-21(25-20)15-8-3-2-4-9-15/h2-14,19-21H,1H3. The van der Waals surface area contributed by atoms with Crippen LogP contribution < -0.4 is 4.74 Å². The largest absolute Gasteiger partial charge is 0.496 e. The molecule has 25 heavy (non-hydrogen) atoms. The molecule has 1 saturated heterocycles. The Bertz CT molecular complexity index is 823. The molecule has 4 heteroatoms. The second-order valence-electron chi connectivity index (χ2n) is 5.88. The molecule has 1 aliphatic heterocycles. The lowest BCUT2D eigenvalue weighted by Gasteiger charge is -2.19. The van der Waals surface area contributed by atoms with Gasteiger partial charge in [-0.25, -0.2) is 0 Å². The number of methoxy groups -OCH3 is 1. The average Bonchev–Trinajstić information content (AvgIpc) is 3.14. The van der Waals surface area contributed by atoms with Crippen LogP contribution in [0.25, 0.3) is 0 Å². The van der Waals surface area contributed by atoms with Gasteiger partial charge in [0, 0.05) is 29.1 Å². The summed E-state index contributed by atoms with van der Waals surface area (Å²) in [5, 5.41) is 0. The fourth-order valence-corrected chi connectivity index (χ4v) is 3.14. The highest BCUT2D eigenvalue weighted by molar-refractivity contribution is 5.37. The van der Waals surface area contributed by atoms with Crippen molar-refractivity contribution in [2.24, 2.45) is 0 Å². The molecule has 0 aliphatic carbocycles. The lowest BCUT2D eigenvalue weighted by Crippen LogP contribution is -2.08. The smallest absolute Gasteiger partial charge is 0.185 e. The Morgan fingerprint density at radius 1 is 0.800 bits per heavy atom. The molecule has 1 aromatic heterocycles. The van der Waals surface area contributed by atoms with Crippen LogP contribution in [0.2, 0.25) is 0 Å². The highest BCUT2D eigenvalue weighted by Gasteiger charge is 2.40. The molecule has 1 fully saturated rings. The molecule has 2 heterocycles. The van der Waals surface area contributed by atoms with Crippen LogP contribution in [0.1, 0.15) is 35.2 Å². The molecule has 3 atom stereocenters. The Morgan fingerprint density at radius 2 is 1.52 bits per heavy atom. The minimum atomic E-state index is -0.429. The van der Waals surface area contributed by atoms with Crippen LogP contribution in [0.3, 0.4) is 0 Å². The number of hydrogen-bond acceptors (Lipinski definition) is 4. The van der Waals surface area contributed by atoms with E-state index in [2.05, 4.69) is 4.98 Å². The van der Waals surface area contributed by atoms with Crippen molar-refractivity contribution in [3.05, 3.63) is 95.8 Å². The van der Waals surface area contributed by atoms with Gasteiger partial charge in [-0.2, -0.15) is 0 Å². The molecular weight excluding hydrogens is 314 g/mol. The number of rotatable bonds is 4. The number of benzene rings is 2. The summed E-state index contributed by atoms with van der Waals surface area (Å²) in [7, 11) is 1.67. The van der Waals surface area contributed by atoms with E-state index in [-0.39, 0.29) is 12.2 Å². The lowest BCUT2D eigenvalue weighted by atomic mass is 9.99. The Balaban J connectivity index is 1.74. The zero-order valence-corrected chi connectivity index (χ0v) is 13.9. The maximum Gasteiger partial charge on any atom is 0.185 e. The monoisotopic (exact) mass is 333 g/mol. The minimum Gasteiger partial charge on any atom is -0.496 e. The summed E-state index contributed by atoms with van der Waals surface area (Å²) < 4.78 is 18.1. The zero-order valence-electron chi connectivity index (χ0n) is 13.9. The van der Waals surface area contributed by atoms with Crippen LogP contribution in [-0.4, -0.2) is 12.1 Å². The van der Waals surface area contributed by atoms with Gasteiger partial charge < -0.3 is 14.2 Å². The number of nitrogens with zero attached hydrogens (tertiary/aromatic N) is 1. The van der Waals surface area contributed by atoms with Gasteiger partial charge in [0.2, 0.25) is 0 Å². The van der Waals surface area contributed by atoms with Crippen molar-refractivity contribution in [3.63, 3.8) is 0 Å². The van der Waals surface area contributed by atoms with Gasteiger partial charge >= 0.3 is 0 Å². The molecule has 3 aromatic rings. The first-order valence-electron chi connectivity index (χ1n) is 8.25. The van der Waals surface area contributed by atoms with Crippen molar-refractivity contribution in [2.75, 3.05) is 7.11 Å². The molecule has 2 aromatic carbocycles. The molecule has 0 spiro atoms. The third kappa shape index (κ3) is 3.14. The lowest BCUT2D eigenvalue weighted by molar-refractivity contribution is -0.0699. The number of pyridine rings is 1. The molecule has 0 amide bonds. The van der Waals surface area contributed by atoms with E-state index in [1.54, 1.807) is 13.3 Å². The fraction of sp³-hybridized carbons (Fsp3) is 0.190. The number of hydrogen-bond donors (Lipinski definition) is 0. The Labute approximate surface area is 147 Å². The number of para-hydroxylation sites is 1. The van der Waals surface area contributed by atoms with E-state index in [0.29, 0.717) is 0 Å². The van der Waals surface area contributed by atoms with Crippen LogP contribution in [-0.2, 0) is 9.47 Å².